The number of hydrogen-bond acceptors (Lipinski definition) is 4. The zero-order valence-corrected chi connectivity index (χ0v) is 13.7. The van der Waals surface area contributed by atoms with Gasteiger partial charge in [0, 0.05) is 11.3 Å². The Labute approximate surface area is 135 Å². The molecule has 2 N–H and O–H groups in total. The topological polar surface area (TPSA) is 84.5 Å². The number of sulfonamides is 1. The van der Waals surface area contributed by atoms with Crippen molar-refractivity contribution in [3.05, 3.63) is 54.1 Å². The lowest BCUT2D eigenvalue weighted by atomic mass is 10.2. The number of amides is 1. The second-order valence-corrected chi connectivity index (χ2v) is 6.59. The summed E-state index contributed by atoms with van der Waals surface area (Å²) in [5.41, 5.74) is 1.23. The first-order valence-corrected chi connectivity index (χ1v) is 8.89. The van der Waals surface area contributed by atoms with E-state index in [1.165, 1.54) is 6.07 Å². The van der Waals surface area contributed by atoms with Crippen LogP contribution in [0.2, 0.25) is 0 Å². The molecule has 0 aliphatic rings. The number of anilines is 2. The highest BCUT2D eigenvalue weighted by molar-refractivity contribution is 7.92. The molecule has 0 spiro atoms. The molecule has 0 atom stereocenters. The molecule has 122 valence electrons. The van der Waals surface area contributed by atoms with Crippen LogP contribution in [0.15, 0.2) is 48.5 Å². The molecular formula is C16H18N2O4S. The summed E-state index contributed by atoms with van der Waals surface area (Å²) in [5.74, 6) is 0.225. The quantitative estimate of drug-likeness (QED) is 0.850. The van der Waals surface area contributed by atoms with Gasteiger partial charge in [-0.3, -0.25) is 9.52 Å². The lowest BCUT2D eigenvalue weighted by molar-refractivity contribution is 0.102. The van der Waals surface area contributed by atoms with Gasteiger partial charge in [-0.25, -0.2) is 8.42 Å². The number of rotatable bonds is 6. The summed E-state index contributed by atoms with van der Waals surface area (Å²) in [5, 5.41) is 2.76. The van der Waals surface area contributed by atoms with Crippen molar-refractivity contribution in [2.45, 2.75) is 6.92 Å². The van der Waals surface area contributed by atoms with Crippen LogP contribution < -0.4 is 14.8 Å². The van der Waals surface area contributed by atoms with Gasteiger partial charge >= 0.3 is 0 Å². The SMILES string of the molecule is CCOc1ccccc1NC(=O)c1cccc(NS(C)(=O)=O)c1. The van der Waals surface area contributed by atoms with Crippen LogP contribution in [0.25, 0.3) is 0 Å². The Morgan fingerprint density at radius 3 is 2.57 bits per heavy atom. The highest BCUT2D eigenvalue weighted by atomic mass is 32.2. The van der Waals surface area contributed by atoms with Crippen molar-refractivity contribution in [1.82, 2.24) is 0 Å². The monoisotopic (exact) mass is 334 g/mol. The third kappa shape index (κ3) is 5.00. The van der Waals surface area contributed by atoms with Gasteiger partial charge in [-0.1, -0.05) is 18.2 Å². The Morgan fingerprint density at radius 2 is 1.87 bits per heavy atom. The highest BCUT2D eigenvalue weighted by Gasteiger charge is 2.11. The smallest absolute Gasteiger partial charge is 0.255 e. The van der Waals surface area contributed by atoms with Gasteiger partial charge in [0.1, 0.15) is 5.75 Å². The highest BCUT2D eigenvalue weighted by Crippen LogP contribution is 2.24. The number of nitrogens with one attached hydrogen (secondary N) is 2. The molecule has 0 radical (unpaired) electrons. The molecule has 23 heavy (non-hydrogen) atoms. The number of ether oxygens (including phenoxy) is 1. The molecule has 0 aromatic heterocycles. The predicted molar refractivity (Wildman–Crippen MR) is 90.5 cm³/mol. The van der Waals surface area contributed by atoms with E-state index >= 15 is 0 Å². The molecule has 0 saturated carbocycles. The third-order valence-electron chi connectivity index (χ3n) is 2.86. The largest absolute Gasteiger partial charge is 0.492 e. The summed E-state index contributed by atoms with van der Waals surface area (Å²) >= 11 is 0. The number of hydrogen-bond donors (Lipinski definition) is 2. The predicted octanol–water partition coefficient (Wildman–Crippen LogP) is 2.71. The van der Waals surface area contributed by atoms with Crippen LogP contribution in [0.5, 0.6) is 5.75 Å². The van der Waals surface area contributed by atoms with Gasteiger partial charge in [0.25, 0.3) is 5.91 Å². The molecule has 7 heteroatoms. The van der Waals surface area contributed by atoms with E-state index < -0.39 is 10.0 Å². The normalized spacial score (nSPS) is 10.9. The van der Waals surface area contributed by atoms with Crippen molar-refractivity contribution in [2.24, 2.45) is 0 Å². The number of benzene rings is 2. The van der Waals surface area contributed by atoms with E-state index in [-0.39, 0.29) is 5.91 Å². The molecule has 0 heterocycles. The van der Waals surface area contributed by atoms with Gasteiger partial charge in [-0.15, -0.1) is 0 Å². The van der Waals surface area contributed by atoms with Crippen molar-refractivity contribution in [1.29, 1.82) is 0 Å². The molecule has 0 saturated heterocycles. The van der Waals surface area contributed by atoms with Crippen LogP contribution in [-0.2, 0) is 10.0 Å². The Kier molecular flexibility index (Phi) is 5.23. The van der Waals surface area contributed by atoms with E-state index in [2.05, 4.69) is 10.0 Å². The Balaban J connectivity index is 2.20. The molecule has 6 nitrogen and oxygen atoms in total. The molecule has 0 aliphatic heterocycles. The van der Waals surface area contributed by atoms with Crippen LogP contribution in [0.1, 0.15) is 17.3 Å². The number of carbonyl (C=O) groups excluding carboxylic acids is 1. The maximum atomic E-state index is 12.3. The minimum Gasteiger partial charge on any atom is -0.492 e. The number of para-hydroxylation sites is 2. The minimum absolute atomic E-state index is 0.332. The summed E-state index contributed by atoms with van der Waals surface area (Å²) in [6.07, 6.45) is 1.05. The summed E-state index contributed by atoms with van der Waals surface area (Å²) in [6, 6.07) is 13.4. The van der Waals surface area contributed by atoms with Crippen molar-refractivity contribution in [3.63, 3.8) is 0 Å². The van der Waals surface area contributed by atoms with Crippen LogP contribution in [0, 0.1) is 0 Å². The maximum absolute atomic E-state index is 12.3. The molecule has 2 aromatic carbocycles. The van der Waals surface area contributed by atoms with Gasteiger partial charge in [0.2, 0.25) is 10.0 Å². The van der Waals surface area contributed by atoms with Crippen molar-refractivity contribution in [2.75, 3.05) is 22.9 Å². The van der Waals surface area contributed by atoms with Crippen LogP contribution >= 0.6 is 0 Å². The Bertz CT molecular complexity index is 803. The second-order valence-electron chi connectivity index (χ2n) is 4.84. The standard InChI is InChI=1S/C16H18N2O4S/c1-3-22-15-10-5-4-9-14(15)17-16(19)12-7-6-8-13(11-12)18-23(2,20)21/h4-11,18H,3H2,1-2H3,(H,17,19). The minimum atomic E-state index is -3.39. The molecule has 0 unspecified atom stereocenters. The average Bonchev–Trinajstić information content (AvgIpc) is 2.48. The van der Waals surface area contributed by atoms with Gasteiger partial charge in [0.05, 0.1) is 18.6 Å². The lowest BCUT2D eigenvalue weighted by Crippen LogP contribution is -2.14. The Hall–Kier alpha value is -2.54. The first kappa shape index (κ1) is 16.8. The fraction of sp³-hybridized carbons (Fsp3) is 0.188. The van der Waals surface area contributed by atoms with Crippen molar-refractivity contribution < 1.29 is 17.9 Å². The first-order chi connectivity index (χ1) is 10.9. The van der Waals surface area contributed by atoms with Crippen LogP contribution in [-0.4, -0.2) is 27.2 Å². The van der Waals surface area contributed by atoms with E-state index in [0.717, 1.165) is 6.26 Å². The number of carbonyl (C=O) groups is 1. The van der Waals surface area contributed by atoms with E-state index in [1.54, 1.807) is 36.4 Å². The first-order valence-electron chi connectivity index (χ1n) is 7.00. The fourth-order valence-corrected chi connectivity index (χ4v) is 2.54. The molecule has 1 amide bonds. The molecular weight excluding hydrogens is 316 g/mol. The molecule has 0 aliphatic carbocycles. The summed E-state index contributed by atoms with van der Waals surface area (Å²) < 4.78 is 30.3. The van der Waals surface area contributed by atoms with E-state index in [1.807, 2.05) is 13.0 Å². The molecule has 0 bridgehead atoms. The Morgan fingerprint density at radius 1 is 1.13 bits per heavy atom. The zero-order valence-electron chi connectivity index (χ0n) is 12.9. The van der Waals surface area contributed by atoms with Gasteiger partial charge in [-0.2, -0.15) is 0 Å². The zero-order chi connectivity index (χ0) is 16.9. The van der Waals surface area contributed by atoms with Crippen molar-refractivity contribution >= 4 is 27.3 Å². The van der Waals surface area contributed by atoms with E-state index in [0.29, 0.717) is 29.3 Å². The summed E-state index contributed by atoms with van der Waals surface area (Å²) in [4.78, 5) is 12.3. The van der Waals surface area contributed by atoms with Crippen LogP contribution in [0.4, 0.5) is 11.4 Å². The molecule has 2 aromatic rings. The van der Waals surface area contributed by atoms with Crippen LogP contribution in [0.3, 0.4) is 0 Å². The van der Waals surface area contributed by atoms with Gasteiger partial charge in [0.15, 0.2) is 0 Å². The van der Waals surface area contributed by atoms with Crippen molar-refractivity contribution in [3.8, 4) is 5.75 Å². The van der Waals surface area contributed by atoms with Gasteiger partial charge in [-0.05, 0) is 37.3 Å². The molecule has 0 fully saturated rings. The summed E-state index contributed by atoms with van der Waals surface area (Å²) in [6.45, 7) is 2.35. The fourth-order valence-electron chi connectivity index (χ4n) is 1.98. The third-order valence-corrected chi connectivity index (χ3v) is 3.47. The van der Waals surface area contributed by atoms with Gasteiger partial charge < -0.3 is 10.1 Å². The van der Waals surface area contributed by atoms with E-state index in [4.69, 9.17) is 4.74 Å². The maximum Gasteiger partial charge on any atom is 0.255 e. The second kappa shape index (κ2) is 7.15. The summed E-state index contributed by atoms with van der Waals surface area (Å²) in [7, 11) is -3.39. The van der Waals surface area contributed by atoms with E-state index in [9.17, 15) is 13.2 Å². The lowest BCUT2D eigenvalue weighted by Gasteiger charge is -2.12. The molecule has 2 rings (SSSR count). The average molecular weight is 334 g/mol.